The summed E-state index contributed by atoms with van der Waals surface area (Å²) in [5, 5.41) is 2.49. The van der Waals surface area contributed by atoms with Gasteiger partial charge in [0, 0.05) is 25.8 Å². The van der Waals surface area contributed by atoms with Gasteiger partial charge in [-0.2, -0.15) is 12.6 Å². The van der Waals surface area contributed by atoms with Gasteiger partial charge in [-0.15, -0.1) is 0 Å². The molecule has 0 aromatic heterocycles. The monoisotopic (exact) mass is 280 g/mol. The summed E-state index contributed by atoms with van der Waals surface area (Å²) in [6, 6.07) is -0.684. The van der Waals surface area contributed by atoms with E-state index in [1.165, 1.54) is 11.8 Å². The summed E-state index contributed by atoms with van der Waals surface area (Å²) in [6.45, 7) is 1.69. The molecule has 98 valence electrons. The van der Waals surface area contributed by atoms with Crippen LogP contribution in [0, 0.1) is 0 Å². The zero-order chi connectivity index (χ0) is 13.1. The first-order valence-electron chi connectivity index (χ1n) is 5.23. The van der Waals surface area contributed by atoms with E-state index in [4.69, 9.17) is 0 Å². The number of amides is 2. The van der Waals surface area contributed by atoms with Crippen LogP contribution in [0.4, 0.5) is 0 Å². The van der Waals surface area contributed by atoms with Gasteiger partial charge in [-0.1, -0.05) is 0 Å². The second-order valence-corrected chi connectivity index (χ2v) is 6.58. The fraction of sp³-hybridized carbons (Fsp3) is 0.778. The second kappa shape index (κ2) is 5.72. The van der Waals surface area contributed by atoms with Crippen molar-refractivity contribution in [2.75, 3.05) is 30.3 Å². The third-order valence-electron chi connectivity index (χ3n) is 2.51. The zero-order valence-corrected chi connectivity index (χ0v) is 11.3. The first-order valence-corrected chi connectivity index (χ1v) is 7.68. The van der Waals surface area contributed by atoms with E-state index in [1.54, 1.807) is 0 Å². The molecule has 0 radical (unpaired) electrons. The fourth-order valence-corrected chi connectivity index (χ4v) is 3.03. The number of sulfone groups is 1. The highest BCUT2D eigenvalue weighted by atomic mass is 32.2. The van der Waals surface area contributed by atoms with E-state index in [9.17, 15) is 18.0 Å². The van der Waals surface area contributed by atoms with E-state index in [0.717, 1.165) is 0 Å². The van der Waals surface area contributed by atoms with Crippen LogP contribution < -0.4 is 5.32 Å². The molecule has 1 atom stereocenters. The third-order valence-corrected chi connectivity index (χ3v) is 4.49. The highest BCUT2D eigenvalue weighted by Crippen LogP contribution is 2.06. The molecule has 0 aliphatic carbocycles. The minimum Gasteiger partial charge on any atom is -0.344 e. The van der Waals surface area contributed by atoms with Gasteiger partial charge in [0.25, 0.3) is 0 Å². The zero-order valence-electron chi connectivity index (χ0n) is 9.55. The molecule has 0 aromatic carbocycles. The molecule has 0 bridgehead atoms. The number of hydrogen-bond donors (Lipinski definition) is 2. The Morgan fingerprint density at radius 2 is 1.88 bits per heavy atom. The molecule has 0 aromatic rings. The average molecular weight is 280 g/mol. The van der Waals surface area contributed by atoms with Crippen LogP contribution in [-0.2, 0) is 19.4 Å². The number of nitrogens with one attached hydrogen (secondary N) is 1. The van der Waals surface area contributed by atoms with Gasteiger partial charge in [-0.3, -0.25) is 9.59 Å². The van der Waals surface area contributed by atoms with E-state index >= 15 is 0 Å². The third kappa shape index (κ3) is 4.19. The Hall–Kier alpha value is -0.760. The molecule has 2 amide bonds. The van der Waals surface area contributed by atoms with Crippen LogP contribution in [0.15, 0.2) is 0 Å². The minimum absolute atomic E-state index is 0.0158. The lowest BCUT2D eigenvalue weighted by molar-refractivity contribution is -0.135. The van der Waals surface area contributed by atoms with Crippen LogP contribution in [0.2, 0.25) is 0 Å². The maximum absolute atomic E-state index is 11.9. The van der Waals surface area contributed by atoms with Gasteiger partial charge in [-0.25, -0.2) is 8.42 Å². The highest BCUT2D eigenvalue weighted by molar-refractivity contribution is 7.91. The van der Waals surface area contributed by atoms with Crippen molar-refractivity contribution in [2.24, 2.45) is 0 Å². The molecule has 1 aliphatic heterocycles. The molecule has 0 saturated carbocycles. The van der Waals surface area contributed by atoms with Crippen molar-refractivity contribution in [1.82, 2.24) is 10.2 Å². The van der Waals surface area contributed by atoms with Crippen molar-refractivity contribution in [3.8, 4) is 0 Å². The van der Waals surface area contributed by atoms with Crippen LogP contribution in [0.25, 0.3) is 0 Å². The molecular weight excluding hydrogens is 264 g/mol. The molecule has 1 rings (SSSR count). The number of carbonyl (C=O) groups excluding carboxylic acids is 2. The Balaban J connectivity index is 2.61. The summed E-state index contributed by atoms with van der Waals surface area (Å²) in [5.74, 6) is -0.412. The summed E-state index contributed by atoms with van der Waals surface area (Å²) in [6.07, 6.45) is 0. The maximum atomic E-state index is 11.9. The Bertz CT molecular complexity index is 393. The van der Waals surface area contributed by atoms with Crippen molar-refractivity contribution >= 4 is 34.3 Å². The molecule has 1 saturated heterocycles. The molecule has 1 aliphatic rings. The summed E-state index contributed by atoms with van der Waals surface area (Å²) < 4.78 is 22.4. The van der Waals surface area contributed by atoms with Crippen LogP contribution >= 0.6 is 12.6 Å². The van der Waals surface area contributed by atoms with Crippen LogP contribution in [0.5, 0.6) is 0 Å². The second-order valence-electron chi connectivity index (χ2n) is 3.91. The Labute approximate surface area is 106 Å². The quantitative estimate of drug-likeness (QED) is 0.628. The van der Waals surface area contributed by atoms with Crippen molar-refractivity contribution < 1.29 is 18.0 Å². The summed E-state index contributed by atoms with van der Waals surface area (Å²) >= 11 is 4.00. The van der Waals surface area contributed by atoms with Gasteiger partial charge in [0.1, 0.15) is 6.04 Å². The Kier molecular flexibility index (Phi) is 4.81. The molecule has 1 fully saturated rings. The molecular formula is C9H16N2O4S2. The van der Waals surface area contributed by atoms with E-state index in [1.807, 2.05) is 0 Å². The first-order chi connectivity index (χ1) is 7.85. The predicted octanol–water partition coefficient (Wildman–Crippen LogP) is -1.32. The van der Waals surface area contributed by atoms with Gasteiger partial charge >= 0.3 is 0 Å². The molecule has 6 nitrogen and oxygen atoms in total. The number of nitrogens with zero attached hydrogens (tertiary/aromatic N) is 1. The maximum Gasteiger partial charge on any atom is 0.246 e. The number of hydrogen-bond acceptors (Lipinski definition) is 5. The molecule has 17 heavy (non-hydrogen) atoms. The van der Waals surface area contributed by atoms with Crippen LogP contribution in [0.3, 0.4) is 0 Å². The lowest BCUT2D eigenvalue weighted by Crippen LogP contribution is -2.53. The molecule has 1 N–H and O–H groups in total. The number of carbonyl (C=O) groups is 2. The van der Waals surface area contributed by atoms with Crippen LogP contribution in [-0.4, -0.2) is 61.5 Å². The van der Waals surface area contributed by atoms with Gasteiger partial charge in [0.05, 0.1) is 11.5 Å². The molecule has 1 heterocycles. The van der Waals surface area contributed by atoms with Crippen molar-refractivity contribution in [3.05, 3.63) is 0 Å². The van der Waals surface area contributed by atoms with Gasteiger partial charge in [0.15, 0.2) is 9.84 Å². The molecule has 8 heteroatoms. The normalized spacial score (nSPS) is 20.7. The first kappa shape index (κ1) is 14.3. The topological polar surface area (TPSA) is 83.6 Å². The summed E-state index contributed by atoms with van der Waals surface area (Å²) in [7, 11) is -3.00. The SMILES string of the molecule is CC(=O)NC(CS)C(=O)N1CCS(=O)(=O)CC1. The number of thiol groups is 1. The van der Waals surface area contributed by atoms with Gasteiger partial charge in [-0.05, 0) is 0 Å². The fourth-order valence-electron chi connectivity index (χ4n) is 1.58. The number of rotatable bonds is 3. The van der Waals surface area contributed by atoms with E-state index in [2.05, 4.69) is 17.9 Å². The van der Waals surface area contributed by atoms with E-state index in [0.29, 0.717) is 0 Å². The van der Waals surface area contributed by atoms with Gasteiger partial charge < -0.3 is 10.2 Å². The minimum atomic E-state index is -3.00. The smallest absolute Gasteiger partial charge is 0.246 e. The standard InChI is InChI=1S/C9H16N2O4S2/c1-7(12)10-8(6-16)9(13)11-2-4-17(14,15)5-3-11/h8,16H,2-6H2,1H3,(H,10,12). The highest BCUT2D eigenvalue weighted by Gasteiger charge is 2.29. The lowest BCUT2D eigenvalue weighted by atomic mass is 10.2. The average Bonchev–Trinajstić information content (AvgIpc) is 2.24. The Morgan fingerprint density at radius 3 is 2.29 bits per heavy atom. The van der Waals surface area contributed by atoms with Gasteiger partial charge in [0.2, 0.25) is 11.8 Å². The molecule has 1 unspecified atom stereocenters. The van der Waals surface area contributed by atoms with E-state index in [-0.39, 0.29) is 42.2 Å². The van der Waals surface area contributed by atoms with Crippen molar-refractivity contribution in [3.63, 3.8) is 0 Å². The predicted molar refractivity (Wildman–Crippen MR) is 66.7 cm³/mol. The van der Waals surface area contributed by atoms with Crippen LogP contribution in [0.1, 0.15) is 6.92 Å². The summed E-state index contributed by atoms with van der Waals surface area (Å²) in [5.41, 5.74) is 0. The Morgan fingerprint density at radius 1 is 1.35 bits per heavy atom. The largest absolute Gasteiger partial charge is 0.344 e. The van der Waals surface area contributed by atoms with Crippen molar-refractivity contribution in [1.29, 1.82) is 0 Å². The lowest BCUT2D eigenvalue weighted by Gasteiger charge is -2.29. The summed E-state index contributed by atoms with van der Waals surface area (Å²) in [4.78, 5) is 24.3. The van der Waals surface area contributed by atoms with E-state index < -0.39 is 15.9 Å². The molecule has 0 spiro atoms. The van der Waals surface area contributed by atoms with Crippen molar-refractivity contribution in [2.45, 2.75) is 13.0 Å².